The van der Waals surface area contributed by atoms with Crippen LogP contribution >= 0.6 is 0 Å². The predicted octanol–water partition coefficient (Wildman–Crippen LogP) is 4.58. The smallest absolute Gasteiger partial charge is 0.119 e. The number of benzene rings is 3. The first-order valence-corrected chi connectivity index (χ1v) is 10.4. The zero-order valence-corrected chi connectivity index (χ0v) is 17.2. The molecule has 0 saturated heterocycles. The number of methoxy groups -OCH3 is 1. The molecule has 0 saturated carbocycles. The van der Waals surface area contributed by atoms with Crippen molar-refractivity contribution in [2.45, 2.75) is 25.1 Å². The highest BCUT2D eigenvalue weighted by atomic mass is 16.5. The molecule has 4 rings (SSSR count). The number of nitrogens with one attached hydrogen (secondary N) is 1. The molecule has 154 valence electrons. The standard InChI is InChI=1S/C26H28N2O2/c1-30-23-12-7-10-21(16-23)18-27-19-26(29)25(17-20-8-3-2-4-9-20)28-15-14-22-11-5-6-13-24(22)28/h2-16,25-27,29H,17-19H2,1H3/t25-,26+/m0/s1. The van der Waals surface area contributed by atoms with Crippen LogP contribution in [-0.2, 0) is 13.0 Å². The van der Waals surface area contributed by atoms with E-state index in [-0.39, 0.29) is 6.04 Å². The summed E-state index contributed by atoms with van der Waals surface area (Å²) >= 11 is 0. The second-order valence-electron chi connectivity index (χ2n) is 7.59. The van der Waals surface area contributed by atoms with E-state index in [1.54, 1.807) is 7.11 Å². The Labute approximate surface area is 177 Å². The Balaban J connectivity index is 1.51. The molecule has 0 aliphatic carbocycles. The van der Waals surface area contributed by atoms with Crippen LogP contribution in [0.15, 0.2) is 91.1 Å². The SMILES string of the molecule is COc1cccc(CNC[C@@H](O)[C@H](Cc2ccccc2)n2ccc3ccccc32)c1. The average Bonchev–Trinajstić information content (AvgIpc) is 3.22. The van der Waals surface area contributed by atoms with Crippen LogP contribution in [-0.4, -0.2) is 29.4 Å². The number of nitrogens with zero attached hydrogens (tertiary/aromatic N) is 1. The molecule has 0 aliphatic rings. The van der Waals surface area contributed by atoms with Crippen LogP contribution in [0.1, 0.15) is 17.2 Å². The summed E-state index contributed by atoms with van der Waals surface area (Å²) in [5.41, 5.74) is 3.49. The lowest BCUT2D eigenvalue weighted by Crippen LogP contribution is -2.35. The van der Waals surface area contributed by atoms with Gasteiger partial charge >= 0.3 is 0 Å². The van der Waals surface area contributed by atoms with Crippen LogP contribution in [0, 0.1) is 0 Å². The van der Waals surface area contributed by atoms with Crippen LogP contribution in [0.4, 0.5) is 0 Å². The minimum Gasteiger partial charge on any atom is -0.497 e. The monoisotopic (exact) mass is 400 g/mol. The van der Waals surface area contributed by atoms with Crippen LogP contribution in [0.25, 0.3) is 10.9 Å². The zero-order valence-electron chi connectivity index (χ0n) is 17.2. The molecule has 0 amide bonds. The molecule has 0 aliphatic heterocycles. The number of hydrogen-bond donors (Lipinski definition) is 2. The Morgan fingerprint density at radius 2 is 1.67 bits per heavy atom. The first-order valence-electron chi connectivity index (χ1n) is 10.4. The van der Waals surface area contributed by atoms with E-state index in [1.807, 2.05) is 48.5 Å². The van der Waals surface area contributed by atoms with Gasteiger partial charge in [-0.15, -0.1) is 0 Å². The maximum atomic E-state index is 11.2. The Hall–Kier alpha value is -3.08. The highest BCUT2D eigenvalue weighted by molar-refractivity contribution is 5.80. The van der Waals surface area contributed by atoms with Gasteiger partial charge in [-0.25, -0.2) is 0 Å². The number of aromatic nitrogens is 1. The fourth-order valence-electron chi connectivity index (χ4n) is 3.95. The summed E-state index contributed by atoms with van der Waals surface area (Å²) in [6.07, 6.45) is 2.32. The largest absolute Gasteiger partial charge is 0.497 e. The van der Waals surface area contributed by atoms with Crippen LogP contribution in [0.3, 0.4) is 0 Å². The van der Waals surface area contributed by atoms with Crippen molar-refractivity contribution in [2.75, 3.05) is 13.7 Å². The average molecular weight is 401 g/mol. The molecule has 4 heteroatoms. The summed E-state index contributed by atoms with van der Waals surface area (Å²) in [5.74, 6) is 0.843. The number of hydrogen-bond acceptors (Lipinski definition) is 3. The first-order chi connectivity index (χ1) is 14.7. The minimum atomic E-state index is -0.536. The first kappa shape index (κ1) is 20.2. The number of ether oxygens (including phenoxy) is 1. The number of aliphatic hydroxyl groups is 1. The number of rotatable bonds is 9. The molecular formula is C26H28N2O2. The Morgan fingerprint density at radius 3 is 2.50 bits per heavy atom. The minimum absolute atomic E-state index is 0.0647. The quantitative estimate of drug-likeness (QED) is 0.432. The molecule has 1 heterocycles. The third-order valence-electron chi connectivity index (χ3n) is 5.54. The molecule has 0 unspecified atom stereocenters. The molecule has 2 atom stereocenters. The molecule has 4 aromatic rings. The van der Waals surface area contributed by atoms with E-state index in [2.05, 4.69) is 52.5 Å². The van der Waals surface area contributed by atoms with Gasteiger partial charge in [0.15, 0.2) is 0 Å². The maximum absolute atomic E-state index is 11.2. The van der Waals surface area contributed by atoms with Crippen molar-refractivity contribution in [3.05, 3.63) is 102 Å². The lowest BCUT2D eigenvalue weighted by Gasteiger charge is -2.26. The third-order valence-corrected chi connectivity index (χ3v) is 5.54. The highest BCUT2D eigenvalue weighted by Gasteiger charge is 2.22. The molecule has 0 fully saturated rings. The molecular weight excluding hydrogens is 372 g/mol. The fourth-order valence-corrected chi connectivity index (χ4v) is 3.95. The van der Waals surface area contributed by atoms with Gasteiger partial charge in [0.25, 0.3) is 0 Å². The summed E-state index contributed by atoms with van der Waals surface area (Å²) < 4.78 is 7.50. The molecule has 1 aromatic heterocycles. The summed E-state index contributed by atoms with van der Waals surface area (Å²) in [6.45, 7) is 1.18. The number of aliphatic hydroxyl groups excluding tert-OH is 1. The van der Waals surface area contributed by atoms with Gasteiger partial charge in [-0.1, -0.05) is 60.7 Å². The van der Waals surface area contributed by atoms with Crippen molar-refractivity contribution in [2.24, 2.45) is 0 Å². The van der Waals surface area contributed by atoms with E-state index < -0.39 is 6.10 Å². The van der Waals surface area contributed by atoms with Gasteiger partial charge in [-0.3, -0.25) is 0 Å². The molecule has 4 nitrogen and oxygen atoms in total. The third kappa shape index (κ3) is 4.73. The second kappa shape index (κ2) is 9.61. The van der Waals surface area contributed by atoms with Gasteiger partial charge in [0.05, 0.1) is 19.3 Å². The van der Waals surface area contributed by atoms with Gasteiger partial charge in [-0.05, 0) is 47.2 Å². The molecule has 3 aromatic carbocycles. The normalized spacial score (nSPS) is 13.3. The maximum Gasteiger partial charge on any atom is 0.119 e. The van der Waals surface area contributed by atoms with Crippen LogP contribution < -0.4 is 10.1 Å². The van der Waals surface area contributed by atoms with Crippen molar-refractivity contribution >= 4 is 10.9 Å². The van der Waals surface area contributed by atoms with Gasteiger partial charge < -0.3 is 19.7 Å². The lowest BCUT2D eigenvalue weighted by atomic mass is 10.0. The summed E-state index contributed by atoms with van der Waals surface area (Å²) in [7, 11) is 1.67. The summed E-state index contributed by atoms with van der Waals surface area (Å²) in [5, 5.41) is 15.8. The van der Waals surface area contributed by atoms with E-state index in [0.29, 0.717) is 13.1 Å². The van der Waals surface area contributed by atoms with E-state index >= 15 is 0 Å². The summed E-state index contributed by atoms with van der Waals surface area (Å²) in [6, 6.07) is 28.7. The van der Waals surface area contributed by atoms with E-state index in [9.17, 15) is 5.11 Å². The Morgan fingerprint density at radius 1 is 0.900 bits per heavy atom. The summed E-state index contributed by atoms with van der Waals surface area (Å²) in [4.78, 5) is 0. The van der Waals surface area contributed by atoms with Gasteiger partial charge in [0.1, 0.15) is 5.75 Å². The van der Waals surface area contributed by atoms with Gasteiger partial charge in [0.2, 0.25) is 0 Å². The predicted molar refractivity (Wildman–Crippen MR) is 122 cm³/mol. The molecule has 0 spiro atoms. The van der Waals surface area contributed by atoms with E-state index in [4.69, 9.17) is 4.74 Å². The van der Waals surface area contributed by atoms with Crippen molar-refractivity contribution in [3.8, 4) is 5.75 Å². The zero-order chi connectivity index (χ0) is 20.8. The van der Waals surface area contributed by atoms with Crippen molar-refractivity contribution in [1.82, 2.24) is 9.88 Å². The molecule has 0 bridgehead atoms. The molecule has 2 N–H and O–H groups in total. The van der Waals surface area contributed by atoms with Crippen molar-refractivity contribution in [3.63, 3.8) is 0 Å². The van der Waals surface area contributed by atoms with E-state index in [1.165, 1.54) is 10.9 Å². The molecule has 0 radical (unpaired) electrons. The topological polar surface area (TPSA) is 46.4 Å². The number of para-hydroxylation sites is 1. The molecule has 30 heavy (non-hydrogen) atoms. The van der Waals surface area contributed by atoms with Crippen molar-refractivity contribution < 1.29 is 9.84 Å². The van der Waals surface area contributed by atoms with Gasteiger partial charge in [0, 0.05) is 24.8 Å². The second-order valence-corrected chi connectivity index (χ2v) is 7.59. The Bertz CT molecular complexity index is 1070. The number of fused-ring (bicyclic) bond motifs is 1. The van der Waals surface area contributed by atoms with Crippen molar-refractivity contribution in [1.29, 1.82) is 0 Å². The van der Waals surface area contributed by atoms with Crippen LogP contribution in [0.2, 0.25) is 0 Å². The van der Waals surface area contributed by atoms with Crippen LogP contribution in [0.5, 0.6) is 5.75 Å². The van der Waals surface area contributed by atoms with Gasteiger partial charge in [-0.2, -0.15) is 0 Å². The Kier molecular flexibility index (Phi) is 6.47. The fraction of sp³-hybridized carbons (Fsp3) is 0.231. The highest BCUT2D eigenvalue weighted by Crippen LogP contribution is 2.25. The van der Waals surface area contributed by atoms with E-state index in [0.717, 1.165) is 23.3 Å². The lowest BCUT2D eigenvalue weighted by molar-refractivity contribution is 0.112.